The fourth-order valence-corrected chi connectivity index (χ4v) is 2.22. The molecule has 0 radical (unpaired) electrons. The minimum absolute atomic E-state index is 0.00637. The standard InChI is InChI=1S/C15H21NO3/c1-3-18-15-5-4-12(8-11(15)2)14(17)9-13-10-16-6-7-19-13/h4-5,8,13,16H,3,6-7,9-10H2,1-2H3. The van der Waals surface area contributed by atoms with Gasteiger partial charge in [-0.25, -0.2) is 0 Å². The quantitative estimate of drug-likeness (QED) is 0.825. The predicted molar refractivity (Wildman–Crippen MR) is 73.9 cm³/mol. The number of ketones is 1. The van der Waals surface area contributed by atoms with Crippen LogP contribution >= 0.6 is 0 Å². The Kier molecular flexibility index (Phi) is 4.93. The lowest BCUT2D eigenvalue weighted by Crippen LogP contribution is -2.39. The number of carbonyl (C=O) groups excluding carboxylic acids is 1. The molecule has 0 aromatic heterocycles. The van der Waals surface area contributed by atoms with E-state index in [1.54, 1.807) is 0 Å². The molecular formula is C15H21NO3. The zero-order valence-corrected chi connectivity index (χ0v) is 11.6. The number of benzene rings is 1. The van der Waals surface area contributed by atoms with Crippen LogP contribution in [-0.4, -0.2) is 38.2 Å². The van der Waals surface area contributed by atoms with E-state index in [-0.39, 0.29) is 11.9 Å². The van der Waals surface area contributed by atoms with Gasteiger partial charge in [0.15, 0.2) is 5.78 Å². The third kappa shape index (κ3) is 3.78. The van der Waals surface area contributed by atoms with Crippen LogP contribution in [0.15, 0.2) is 18.2 Å². The summed E-state index contributed by atoms with van der Waals surface area (Å²) in [7, 11) is 0. The summed E-state index contributed by atoms with van der Waals surface area (Å²) in [5, 5.41) is 3.23. The molecule has 19 heavy (non-hydrogen) atoms. The van der Waals surface area contributed by atoms with E-state index >= 15 is 0 Å². The van der Waals surface area contributed by atoms with Crippen LogP contribution in [0.1, 0.15) is 29.3 Å². The van der Waals surface area contributed by atoms with Gasteiger partial charge >= 0.3 is 0 Å². The number of carbonyl (C=O) groups is 1. The molecule has 0 amide bonds. The first-order valence-electron chi connectivity index (χ1n) is 6.79. The van der Waals surface area contributed by atoms with Crippen LogP contribution in [0.5, 0.6) is 5.75 Å². The van der Waals surface area contributed by atoms with Crippen molar-refractivity contribution in [2.24, 2.45) is 0 Å². The Morgan fingerprint density at radius 1 is 1.53 bits per heavy atom. The van der Waals surface area contributed by atoms with Gasteiger partial charge in [0.1, 0.15) is 5.75 Å². The molecule has 1 aromatic carbocycles. The third-order valence-electron chi connectivity index (χ3n) is 3.21. The second-order valence-corrected chi connectivity index (χ2v) is 4.74. The molecule has 1 aromatic rings. The molecule has 2 rings (SSSR count). The van der Waals surface area contributed by atoms with Crippen molar-refractivity contribution >= 4 is 5.78 Å². The van der Waals surface area contributed by atoms with Crippen molar-refractivity contribution < 1.29 is 14.3 Å². The van der Waals surface area contributed by atoms with Gasteiger partial charge in [-0.05, 0) is 37.6 Å². The first-order valence-corrected chi connectivity index (χ1v) is 6.79. The Morgan fingerprint density at radius 2 is 2.37 bits per heavy atom. The highest BCUT2D eigenvalue weighted by atomic mass is 16.5. The van der Waals surface area contributed by atoms with Crippen molar-refractivity contribution in [1.82, 2.24) is 5.32 Å². The number of hydrogen-bond acceptors (Lipinski definition) is 4. The average molecular weight is 263 g/mol. The summed E-state index contributed by atoms with van der Waals surface area (Å²) in [6.07, 6.45) is 0.425. The average Bonchev–Trinajstić information content (AvgIpc) is 2.42. The summed E-state index contributed by atoms with van der Waals surface area (Å²) in [5.74, 6) is 0.967. The molecule has 0 aliphatic carbocycles. The van der Waals surface area contributed by atoms with Crippen LogP contribution in [0.25, 0.3) is 0 Å². The van der Waals surface area contributed by atoms with E-state index in [1.807, 2.05) is 32.0 Å². The molecule has 1 N–H and O–H groups in total. The maximum atomic E-state index is 12.2. The number of ether oxygens (including phenoxy) is 2. The van der Waals surface area contributed by atoms with Crippen molar-refractivity contribution in [3.05, 3.63) is 29.3 Å². The van der Waals surface area contributed by atoms with Crippen molar-refractivity contribution in [3.63, 3.8) is 0 Å². The van der Waals surface area contributed by atoms with Gasteiger partial charge in [-0.1, -0.05) is 0 Å². The molecule has 1 unspecified atom stereocenters. The molecule has 1 fully saturated rings. The van der Waals surface area contributed by atoms with Gasteiger partial charge in [0, 0.05) is 25.1 Å². The maximum absolute atomic E-state index is 12.2. The fraction of sp³-hybridized carbons (Fsp3) is 0.533. The van der Waals surface area contributed by atoms with E-state index in [4.69, 9.17) is 9.47 Å². The molecule has 1 heterocycles. The van der Waals surface area contributed by atoms with E-state index in [0.29, 0.717) is 19.6 Å². The maximum Gasteiger partial charge on any atom is 0.165 e. The van der Waals surface area contributed by atoms with Crippen LogP contribution in [0.2, 0.25) is 0 Å². The zero-order chi connectivity index (χ0) is 13.7. The van der Waals surface area contributed by atoms with E-state index < -0.39 is 0 Å². The van der Waals surface area contributed by atoms with Crippen molar-refractivity contribution in [1.29, 1.82) is 0 Å². The highest BCUT2D eigenvalue weighted by Crippen LogP contribution is 2.20. The highest BCUT2D eigenvalue weighted by Gasteiger charge is 2.18. The monoisotopic (exact) mass is 263 g/mol. The normalized spacial score (nSPS) is 19.2. The van der Waals surface area contributed by atoms with Gasteiger partial charge in [0.05, 0.1) is 19.3 Å². The lowest BCUT2D eigenvalue weighted by Gasteiger charge is -2.23. The number of aryl methyl sites for hydroxylation is 1. The smallest absolute Gasteiger partial charge is 0.165 e. The molecule has 0 bridgehead atoms. The lowest BCUT2D eigenvalue weighted by atomic mass is 10.0. The zero-order valence-electron chi connectivity index (χ0n) is 11.6. The van der Waals surface area contributed by atoms with E-state index in [2.05, 4.69) is 5.32 Å². The van der Waals surface area contributed by atoms with E-state index in [1.165, 1.54) is 0 Å². The Bertz CT molecular complexity index is 439. The van der Waals surface area contributed by atoms with Gasteiger partial charge in [0.25, 0.3) is 0 Å². The van der Waals surface area contributed by atoms with Gasteiger partial charge in [0.2, 0.25) is 0 Å². The molecule has 1 aliphatic rings. The highest BCUT2D eigenvalue weighted by molar-refractivity contribution is 5.96. The fourth-order valence-electron chi connectivity index (χ4n) is 2.22. The number of rotatable bonds is 5. The summed E-state index contributed by atoms with van der Waals surface area (Å²) in [6, 6.07) is 5.59. The van der Waals surface area contributed by atoms with Crippen molar-refractivity contribution in [3.8, 4) is 5.75 Å². The third-order valence-corrected chi connectivity index (χ3v) is 3.21. The molecular weight excluding hydrogens is 242 g/mol. The molecule has 4 heteroatoms. The SMILES string of the molecule is CCOc1ccc(C(=O)CC2CNCCO2)cc1C. The summed E-state index contributed by atoms with van der Waals surface area (Å²) < 4.78 is 11.0. The van der Waals surface area contributed by atoms with Gasteiger partial charge in [-0.2, -0.15) is 0 Å². The Hall–Kier alpha value is -1.39. The molecule has 1 atom stereocenters. The van der Waals surface area contributed by atoms with Crippen LogP contribution < -0.4 is 10.1 Å². The number of nitrogens with one attached hydrogen (secondary N) is 1. The Morgan fingerprint density at radius 3 is 3.00 bits per heavy atom. The predicted octanol–water partition coefficient (Wildman–Crippen LogP) is 1.95. The molecule has 104 valence electrons. The van der Waals surface area contributed by atoms with Gasteiger partial charge in [-0.3, -0.25) is 4.79 Å². The number of hydrogen-bond donors (Lipinski definition) is 1. The topological polar surface area (TPSA) is 47.6 Å². The van der Waals surface area contributed by atoms with Crippen molar-refractivity contribution in [2.45, 2.75) is 26.4 Å². The summed E-state index contributed by atoms with van der Waals surface area (Å²) >= 11 is 0. The first-order chi connectivity index (χ1) is 9.20. The van der Waals surface area contributed by atoms with Crippen molar-refractivity contribution in [2.75, 3.05) is 26.3 Å². The molecule has 1 saturated heterocycles. The minimum Gasteiger partial charge on any atom is -0.494 e. The summed E-state index contributed by atoms with van der Waals surface area (Å²) in [6.45, 7) is 6.84. The summed E-state index contributed by atoms with van der Waals surface area (Å²) in [5.41, 5.74) is 1.73. The molecule has 0 saturated carbocycles. The number of morpholine rings is 1. The first kappa shape index (κ1) is 14.0. The largest absolute Gasteiger partial charge is 0.494 e. The molecule has 1 aliphatic heterocycles. The van der Waals surface area contributed by atoms with E-state index in [0.717, 1.165) is 30.0 Å². The van der Waals surface area contributed by atoms with Gasteiger partial charge in [-0.15, -0.1) is 0 Å². The molecule has 4 nitrogen and oxygen atoms in total. The van der Waals surface area contributed by atoms with E-state index in [9.17, 15) is 4.79 Å². The van der Waals surface area contributed by atoms with Crippen LogP contribution in [0.4, 0.5) is 0 Å². The Labute approximate surface area is 114 Å². The van der Waals surface area contributed by atoms with Gasteiger partial charge < -0.3 is 14.8 Å². The second-order valence-electron chi connectivity index (χ2n) is 4.74. The second kappa shape index (κ2) is 6.68. The van der Waals surface area contributed by atoms with Crippen LogP contribution in [0, 0.1) is 6.92 Å². The van der Waals surface area contributed by atoms with Crippen LogP contribution in [0.3, 0.4) is 0 Å². The summed E-state index contributed by atoms with van der Waals surface area (Å²) in [4.78, 5) is 12.2. The minimum atomic E-state index is -0.00637. The number of Topliss-reactive ketones (excluding diaryl/α,β-unsaturated/α-hetero) is 1. The lowest BCUT2D eigenvalue weighted by molar-refractivity contribution is 0.0240. The molecule has 0 spiro atoms. The Balaban J connectivity index is 2.00. The van der Waals surface area contributed by atoms with Crippen LogP contribution in [-0.2, 0) is 4.74 Å².